The van der Waals surface area contributed by atoms with Gasteiger partial charge >= 0.3 is 0 Å². The second-order valence-electron chi connectivity index (χ2n) is 18.8. The average Bonchev–Trinajstić information content (AvgIpc) is 3.97. The highest BCUT2D eigenvalue weighted by molar-refractivity contribution is 7.86. The number of piperidine rings is 1. The molecule has 1 saturated heterocycles. The second-order valence-corrected chi connectivity index (χ2v) is 21.6. The summed E-state index contributed by atoms with van der Waals surface area (Å²) >= 11 is 0. The molecule has 3 aliphatic heterocycles. The van der Waals surface area contributed by atoms with E-state index >= 15 is 0 Å². The summed E-state index contributed by atoms with van der Waals surface area (Å²) in [4.78, 5) is 45.8. The number of nitrogen functional groups attached to an aromatic ring is 1. The highest BCUT2D eigenvalue weighted by atomic mass is 32.2. The molecule has 374 valence electrons. The summed E-state index contributed by atoms with van der Waals surface area (Å²) in [6.45, 7) is 12.8. The molecule has 3 aromatic carbocycles. The molecule has 2 aromatic heterocycles. The summed E-state index contributed by atoms with van der Waals surface area (Å²) in [7, 11) is -8.88. The number of aromatic nitrogens is 4. The van der Waals surface area contributed by atoms with Crippen molar-refractivity contribution in [2.45, 2.75) is 100 Å². The molecule has 1 unspecified atom stereocenters. The van der Waals surface area contributed by atoms with Crippen molar-refractivity contribution >= 4 is 66.2 Å². The molecule has 1 fully saturated rings. The van der Waals surface area contributed by atoms with Crippen molar-refractivity contribution in [2.24, 2.45) is 5.92 Å². The molecule has 5 aromatic rings. The van der Waals surface area contributed by atoms with Crippen LogP contribution in [0.15, 0.2) is 113 Å². The van der Waals surface area contributed by atoms with E-state index in [0.29, 0.717) is 75.5 Å². The van der Waals surface area contributed by atoms with Crippen LogP contribution in [0.25, 0.3) is 11.2 Å². The Kier molecular flexibility index (Phi) is 14.4. The molecule has 20 heteroatoms. The fourth-order valence-corrected chi connectivity index (χ4v) is 11.1. The molecule has 0 aliphatic carbocycles. The Morgan fingerprint density at radius 2 is 1.59 bits per heavy atom. The summed E-state index contributed by atoms with van der Waals surface area (Å²) in [6.07, 6.45) is 13.6. The summed E-state index contributed by atoms with van der Waals surface area (Å²) in [6, 6.07) is 17.0. The number of allylic oxidation sites excluding steroid dienone is 6. The Hall–Kier alpha value is -6.74. The van der Waals surface area contributed by atoms with Crippen LogP contribution < -0.4 is 20.7 Å². The fraction of sp³-hybridized carbons (Fsp3) is 0.373. The molecule has 6 N–H and O–H groups in total. The van der Waals surface area contributed by atoms with Crippen LogP contribution in [0.4, 0.5) is 17.3 Å². The SMILES string of the molecule is CCN1/C(=C/C=C/C=C/C2=[N+](CC)c3ccc(S(=O)(=O)O)cc3C2(C)C)C(C)(CCCC(=O)N2CCC(C(=O)NCc3ccc(COc4nc(N)nc5nc[nH]c45)cc3)CC2)c2cc(S(=O)(=O)O)ccc21. The lowest BCUT2D eigenvalue weighted by Gasteiger charge is -2.32. The summed E-state index contributed by atoms with van der Waals surface area (Å²) in [5.74, 6) is 0.0926. The topological polar surface area (TPSA) is 254 Å². The third-order valence-electron chi connectivity index (χ3n) is 14.0. The lowest BCUT2D eigenvalue weighted by atomic mass is 9.77. The highest BCUT2D eigenvalue weighted by Crippen LogP contribution is 2.51. The number of ether oxygens (including phenoxy) is 1. The number of likely N-dealkylation sites (tertiary alicyclic amines) is 1. The van der Waals surface area contributed by atoms with Crippen molar-refractivity contribution in [3.63, 3.8) is 0 Å². The molecule has 8 rings (SSSR count). The number of amides is 2. The van der Waals surface area contributed by atoms with E-state index in [-0.39, 0.29) is 46.5 Å². The first-order valence-electron chi connectivity index (χ1n) is 23.7. The monoisotopic (exact) mass is 1010 g/mol. The number of rotatable bonds is 17. The van der Waals surface area contributed by atoms with Gasteiger partial charge in [0, 0.05) is 73.0 Å². The second kappa shape index (κ2) is 20.2. The number of anilines is 2. The van der Waals surface area contributed by atoms with Gasteiger partial charge in [0.1, 0.15) is 18.7 Å². The quantitative estimate of drug-likeness (QED) is 0.0360. The molecule has 1 atom stereocenters. The first-order chi connectivity index (χ1) is 33.7. The van der Waals surface area contributed by atoms with E-state index in [0.717, 1.165) is 45.0 Å². The number of imidazole rings is 1. The van der Waals surface area contributed by atoms with E-state index in [9.17, 15) is 35.5 Å². The third kappa shape index (κ3) is 10.5. The molecular weight excluding hydrogens is 947 g/mol. The van der Waals surface area contributed by atoms with Crippen molar-refractivity contribution in [2.75, 3.05) is 36.8 Å². The average molecular weight is 1010 g/mol. The van der Waals surface area contributed by atoms with E-state index < -0.39 is 31.1 Å². The lowest BCUT2D eigenvalue weighted by Crippen LogP contribution is -2.43. The molecule has 18 nitrogen and oxygen atoms in total. The largest absolute Gasteiger partial charge is 0.471 e. The molecule has 0 spiro atoms. The number of hydrogen-bond acceptors (Lipinski definition) is 12. The number of hydrogen-bond donors (Lipinski definition) is 5. The van der Waals surface area contributed by atoms with Crippen LogP contribution in [-0.4, -0.2) is 99.1 Å². The number of likely N-dealkylation sites (N-methyl/N-ethyl adjacent to an activating group) is 1. The number of nitrogens with zero attached hydrogens (tertiary/aromatic N) is 6. The molecule has 2 amide bonds. The van der Waals surface area contributed by atoms with Gasteiger partial charge in [-0.3, -0.25) is 18.7 Å². The van der Waals surface area contributed by atoms with Crippen molar-refractivity contribution in [3.8, 4) is 5.88 Å². The Bertz CT molecular complexity index is 3230. The summed E-state index contributed by atoms with van der Waals surface area (Å²) < 4.78 is 76.5. The maximum atomic E-state index is 13.7. The Morgan fingerprint density at radius 3 is 2.27 bits per heavy atom. The smallest absolute Gasteiger partial charge is 0.294 e. The van der Waals surface area contributed by atoms with Gasteiger partial charge in [0.2, 0.25) is 29.3 Å². The van der Waals surface area contributed by atoms with Gasteiger partial charge in [-0.2, -0.15) is 31.4 Å². The maximum Gasteiger partial charge on any atom is 0.294 e. The Morgan fingerprint density at radius 1 is 0.915 bits per heavy atom. The Labute approximate surface area is 413 Å². The van der Waals surface area contributed by atoms with E-state index in [2.05, 4.69) is 34.7 Å². The van der Waals surface area contributed by atoms with E-state index in [1.807, 2.05) is 94.2 Å². The normalized spacial score (nSPS) is 18.8. The molecule has 0 saturated carbocycles. The minimum Gasteiger partial charge on any atom is -0.471 e. The van der Waals surface area contributed by atoms with Gasteiger partial charge in [-0.05, 0) is 113 Å². The standard InChI is InChI=1S/C51H59N9O9S2/c1-6-59-40-21-19-36(70(63,64)65)28-38(40)50(3,4)42(59)12-9-8-10-13-43-51(5,39-29-37(71(66,67)68)20-22-41(39)60(43)7-2)25-11-14-44(61)58-26-23-35(24-27-58)47(62)53-30-33-15-17-34(18-16-33)31-69-48-45-46(55-32-54-45)56-49(52)57-48/h8-10,12-13,15-22,28-29,32,35H,6-7,11,14,23-27,30-31H2,1-5H3,(H5-,52,53,54,55,56,57,62,63,64,65,66,67,68)/p+1. The first-order valence-corrected chi connectivity index (χ1v) is 26.6. The van der Waals surface area contributed by atoms with E-state index in [1.54, 1.807) is 12.1 Å². The minimum absolute atomic E-state index is 0.00803. The molecule has 71 heavy (non-hydrogen) atoms. The van der Waals surface area contributed by atoms with Crippen LogP contribution >= 0.6 is 0 Å². The fourth-order valence-electron chi connectivity index (χ4n) is 10.1. The number of benzene rings is 3. The number of nitrogens with two attached hydrogens (primary N) is 1. The van der Waals surface area contributed by atoms with Gasteiger partial charge in [-0.1, -0.05) is 42.5 Å². The number of fused-ring (bicyclic) bond motifs is 3. The van der Waals surface area contributed by atoms with Gasteiger partial charge < -0.3 is 30.6 Å². The summed E-state index contributed by atoms with van der Waals surface area (Å²) in [5, 5.41) is 3.05. The van der Waals surface area contributed by atoms with Crippen molar-refractivity contribution in [3.05, 3.63) is 125 Å². The van der Waals surface area contributed by atoms with Crippen LogP contribution in [-0.2, 0) is 53.8 Å². The molecule has 0 radical (unpaired) electrons. The molecule has 3 aliphatic rings. The van der Waals surface area contributed by atoms with Gasteiger partial charge in [0.05, 0.1) is 21.5 Å². The van der Waals surface area contributed by atoms with Crippen LogP contribution in [0.3, 0.4) is 0 Å². The van der Waals surface area contributed by atoms with Gasteiger partial charge in [0.15, 0.2) is 11.4 Å². The first kappa shape index (κ1) is 50.6. The number of nitrogens with one attached hydrogen (secondary N) is 2. The van der Waals surface area contributed by atoms with Crippen LogP contribution in [0.1, 0.15) is 89.0 Å². The van der Waals surface area contributed by atoms with Crippen molar-refractivity contribution in [1.29, 1.82) is 0 Å². The van der Waals surface area contributed by atoms with Gasteiger partial charge in [-0.25, -0.2) is 4.98 Å². The van der Waals surface area contributed by atoms with Crippen molar-refractivity contribution < 1.29 is 44.8 Å². The predicted molar refractivity (Wildman–Crippen MR) is 270 cm³/mol. The molecule has 5 heterocycles. The summed E-state index contributed by atoms with van der Waals surface area (Å²) in [5.41, 5.74) is 12.4. The third-order valence-corrected chi connectivity index (χ3v) is 15.7. The molecule has 0 bridgehead atoms. The van der Waals surface area contributed by atoms with Crippen LogP contribution in [0.5, 0.6) is 5.88 Å². The molecular formula is C51H60N9O9S2+. The van der Waals surface area contributed by atoms with Crippen LogP contribution in [0.2, 0.25) is 0 Å². The van der Waals surface area contributed by atoms with E-state index in [1.165, 1.54) is 30.6 Å². The number of aromatic amines is 1. The number of carbonyl (C=O) groups is 2. The van der Waals surface area contributed by atoms with Gasteiger partial charge in [-0.15, -0.1) is 0 Å². The highest BCUT2D eigenvalue weighted by Gasteiger charge is 2.45. The lowest BCUT2D eigenvalue weighted by molar-refractivity contribution is -0.433. The zero-order chi connectivity index (χ0) is 50.9. The number of carbonyl (C=O) groups excluding carboxylic acids is 2. The zero-order valence-electron chi connectivity index (χ0n) is 40.4. The predicted octanol–water partition coefficient (Wildman–Crippen LogP) is 6.92. The van der Waals surface area contributed by atoms with Gasteiger partial charge in [0.25, 0.3) is 20.2 Å². The Balaban J connectivity index is 0.877. The van der Waals surface area contributed by atoms with Crippen LogP contribution in [0, 0.1) is 5.92 Å². The zero-order valence-corrected chi connectivity index (χ0v) is 42.1. The maximum absolute atomic E-state index is 13.7. The number of H-pyrrole nitrogens is 1. The van der Waals surface area contributed by atoms with E-state index in [4.69, 9.17) is 10.5 Å². The minimum atomic E-state index is -4.50. The van der Waals surface area contributed by atoms with Crippen molar-refractivity contribution in [1.82, 2.24) is 30.2 Å².